The molecule has 1 amide bonds. The molecular formula is C22H18N4O2. The zero-order valence-electron chi connectivity index (χ0n) is 14.9. The van der Waals surface area contributed by atoms with E-state index < -0.39 is 6.04 Å². The number of hydrogen-bond acceptors (Lipinski definition) is 5. The number of oxazole rings is 1. The molecule has 0 aliphatic rings. The van der Waals surface area contributed by atoms with Crippen molar-refractivity contribution in [2.45, 2.75) is 6.04 Å². The molecule has 0 radical (unpaired) electrons. The SMILES string of the molecule is N=C(NC(=O)C(Nc1nc2ccccc2o1)c1ccccc1)c1ccccc1. The molecule has 6 heteroatoms. The van der Waals surface area contributed by atoms with Crippen LogP contribution in [0.3, 0.4) is 0 Å². The molecule has 1 unspecified atom stereocenters. The van der Waals surface area contributed by atoms with Crippen LogP contribution in [0, 0.1) is 5.41 Å². The van der Waals surface area contributed by atoms with Gasteiger partial charge in [-0.05, 0) is 17.7 Å². The lowest BCUT2D eigenvalue weighted by molar-refractivity contribution is -0.120. The summed E-state index contributed by atoms with van der Waals surface area (Å²) in [6.07, 6.45) is 0. The number of para-hydroxylation sites is 2. The second-order valence-electron chi connectivity index (χ2n) is 6.21. The molecule has 4 aromatic rings. The van der Waals surface area contributed by atoms with Crippen molar-refractivity contribution in [3.8, 4) is 0 Å². The topological polar surface area (TPSA) is 91.0 Å². The molecule has 0 saturated heterocycles. The standard InChI is InChI=1S/C22H18N4O2/c23-20(16-11-5-2-6-12-16)26-21(27)19(15-9-3-1-4-10-15)25-22-24-17-13-7-8-14-18(17)28-22/h1-14,19H,(H,24,25)(H2,23,26,27). The van der Waals surface area contributed by atoms with Gasteiger partial charge in [0.15, 0.2) is 5.58 Å². The van der Waals surface area contributed by atoms with Gasteiger partial charge >= 0.3 is 0 Å². The van der Waals surface area contributed by atoms with E-state index in [4.69, 9.17) is 9.83 Å². The van der Waals surface area contributed by atoms with Crippen molar-refractivity contribution >= 4 is 28.9 Å². The van der Waals surface area contributed by atoms with Crippen molar-refractivity contribution in [2.24, 2.45) is 0 Å². The lowest BCUT2D eigenvalue weighted by Crippen LogP contribution is -2.37. The second-order valence-corrected chi connectivity index (χ2v) is 6.21. The third-order valence-electron chi connectivity index (χ3n) is 4.27. The van der Waals surface area contributed by atoms with Crippen molar-refractivity contribution < 1.29 is 9.21 Å². The number of rotatable bonds is 5. The number of fused-ring (bicyclic) bond motifs is 1. The first-order valence-corrected chi connectivity index (χ1v) is 8.82. The quantitative estimate of drug-likeness (QED) is 0.364. The maximum absolute atomic E-state index is 13.0. The van der Waals surface area contributed by atoms with Crippen LogP contribution in [0.4, 0.5) is 6.01 Å². The molecule has 3 aromatic carbocycles. The molecule has 0 saturated carbocycles. The molecule has 3 N–H and O–H groups in total. The molecule has 1 aromatic heterocycles. The van der Waals surface area contributed by atoms with Gasteiger partial charge in [0, 0.05) is 5.56 Å². The van der Waals surface area contributed by atoms with Gasteiger partial charge < -0.3 is 15.1 Å². The highest BCUT2D eigenvalue weighted by Gasteiger charge is 2.23. The van der Waals surface area contributed by atoms with Crippen LogP contribution in [-0.4, -0.2) is 16.7 Å². The van der Waals surface area contributed by atoms with Crippen molar-refractivity contribution in [1.82, 2.24) is 10.3 Å². The highest BCUT2D eigenvalue weighted by atomic mass is 16.4. The van der Waals surface area contributed by atoms with E-state index in [0.717, 1.165) is 5.56 Å². The fourth-order valence-electron chi connectivity index (χ4n) is 2.88. The number of benzene rings is 3. The summed E-state index contributed by atoms with van der Waals surface area (Å²) < 4.78 is 5.70. The Morgan fingerprint density at radius 2 is 1.54 bits per heavy atom. The first-order valence-electron chi connectivity index (χ1n) is 8.82. The number of anilines is 1. The molecule has 1 heterocycles. The summed E-state index contributed by atoms with van der Waals surface area (Å²) in [5.74, 6) is -0.340. The normalized spacial score (nSPS) is 11.7. The Balaban J connectivity index is 1.60. The minimum Gasteiger partial charge on any atom is -0.424 e. The Morgan fingerprint density at radius 3 is 2.25 bits per heavy atom. The van der Waals surface area contributed by atoms with Crippen LogP contribution in [-0.2, 0) is 4.79 Å². The largest absolute Gasteiger partial charge is 0.424 e. The highest BCUT2D eigenvalue weighted by Crippen LogP contribution is 2.23. The summed E-state index contributed by atoms with van der Waals surface area (Å²) >= 11 is 0. The van der Waals surface area contributed by atoms with Crippen molar-refractivity contribution in [3.05, 3.63) is 96.1 Å². The van der Waals surface area contributed by atoms with Gasteiger partial charge in [-0.15, -0.1) is 0 Å². The van der Waals surface area contributed by atoms with Crippen LogP contribution in [0.1, 0.15) is 17.2 Å². The first kappa shape index (κ1) is 17.5. The maximum Gasteiger partial charge on any atom is 0.296 e. The molecule has 1 atom stereocenters. The lowest BCUT2D eigenvalue weighted by Gasteiger charge is -2.18. The number of nitrogens with zero attached hydrogens (tertiary/aromatic N) is 1. The number of carbonyl (C=O) groups excluding carboxylic acids is 1. The zero-order valence-corrected chi connectivity index (χ0v) is 14.9. The van der Waals surface area contributed by atoms with E-state index in [2.05, 4.69) is 15.6 Å². The summed E-state index contributed by atoms with van der Waals surface area (Å²) in [7, 11) is 0. The number of hydrogen-bond donors (Lipinski definition) is 3. The van der Waals surface area contributed by atoms with Crippen LogP contribution in [0.5, 0.6) is 0 Å². The molecule has 0 fully saturated rings. The number of amides is 1. The Hall–Kier alpha value is -3.93. The molecular weight excluding hydrogens is 352 g/mol. The predicted molar refractivity (Wildman–Crippen MR) is 108 cm³/mol. The average Bonchev–Trinajstić information content (AvgIpc) is 3.16. The fourth-order valence-corrected chi connectivity index (χ4v) is 2.88. The van der Waals surface area contributed by atoms with E-state index in [1.165, 1.54) is 0 Å². The van der Waals surface area contributed by atoms with Crippen molar-refractivity contribution in [1.29, 1.82) is 5.41 Å². The maximum atomic E-state index is 13.0. The van der Waals surface area contributed by atoms with Crippen molar-refractivity contribution in [2.75, 3.05) is 5.32 Å². The highest BCUT2D eigenvalue weighted by molar-refractivity contribution is 6.08. The summed E-state index contributed by atoms with van der Waals surface area (Å²) in [4.78, 5) is 17.3. The van der Waals surface area contributed by atoms with Gasteiger partial charge in [-0.25, -0.2) is 0 Å². The molecule has 4 rings (SSSR count). The van der Waals surface area contributed by atoms with E-state index in [0.29, 0.717) is 16.7 Å². The minimum absolute atomic E-state index is 0.0332. The van der Waals surface area contributed by atoms with E-state index >= 15 is 0 Å². The first-order chi connectivity index (χ1) is 13.7. The van der Waals surface area contributed by atoms with Gasteiger partial charge in [-0.2, -0.15) is 4.98 Å². The molecule has 6 nitrogen and oxygen atoms in total. The van der Waals surface area contributed by atoms with E-state index in [1.54, 1.807) is 12.1 Å². The van der Waals surface area contributed by atoms with Gasteiger partial charge in [0.2, 0.25) is 0 Å². The third kappa shape index (κ3) is 3.76. The van der Waals surface area contributed by atoms with E-state index in [9.17, 15) is 4.79 Å². The average molecular weight is 370 g/mol. The Labute approximate surface area is 161 Å². The van der Waals surface area contributed by atoms with Crippen molar-refractivity contribution in [3.63, 3.8) is 0 Å². The fraction of sp³-hybridized carbons (Fsp3) is 0.0455. The van der Waals surface area contributed by atoms with Gasteiger partial charge in [0.1, 0.15) is 17.4 Å². The summed E-state index contributed by atoms with van der Waals surface area (Å²) in [6.45, 7) is 0. The van der Waals surface area contributed by atoms with Gasteiger partial charge in [-0.1, -0.05) is 72.8 Å². The number of carbonyl (C=O) groups is 1. The van der Waals surface area contributed by atoms with Crippen LogP contribution in [0.25, 0.3) is 11.1 Å². The molecule has 0 aliphatic heterocycles. The molecule has 0 bridgehead atoms. The summed E-state index contributed by atoms with van der Waals surface area (Å²) in [6, 6.07) is 25.2. The zero-order chi connectivity index (χ0) is 19.3. The van der Waals surface area contributed by atoms with Crippen LogP contribution in [0.2, 0.25) is 0 Å². The smallest absolute Gasteiger partial charge is 0.296 e. The molecule has 0 aliphatic carbocycles. The molecule has 0 spiro atoms. The second kappa shape index (κ2) is 7.75. The van der Waals surface area contributed by atoms with Crippen LogP contribution in [0.15, 0.2) is 89.3 Å². The summed E-state index contributed by atoms with van der Waals surface area (Å²) in [5.41, 5.74) is 2.70. The molecule has 28 heavy (non-hydrogen) atoms. The monoisotopic (exact) mass is 370 g/mol. The Bertz CT molecular complexity index is 1070. The van der Waals surface area contributed by atoms with Crippen LogP contribution < -0.4 is 10.6 Å². The Kier molecular flexibility index (Phi) is 4.84. The summed E-state index contributed by atoms with van der Waals surface area (Å²) in [5, 5.41) is 13.9. The van der Waals surface area contributed by atoms with Crippen LogP contribution >= 0.6 is 0 Å². The number of amidine groups is 1. The lowest BCUT2D eigenvalue weighted by atomic mass is 10.1. The Morgan fingerprint density at radius 1 is 0.893 bits per heavy atom. The molecule has 138 valence electrons. The predicted octanol–water partition coefficient (Wildman–Crippen LogP) is 4.12. The van der Waals surface area contributed by atoms with Gasteiger partial charge in [0.25, 0.3) is 11.9 Å². The number of nitrogens with one attached hydrogen (secondary N) is 3. The van der Waals surface area contributed by atoms with E-state index in [1.807, 2.05) is 72.8 Å². The number of aromatic nitrogens is 1. The van der Waals surface area contributed by atoms with Gasteiger partial charge in [-0.3, -0.25) is 10.2 Å². The minimum atomic E-state index is -0.765. The van der Waals surface area contributed by atoms with E-state index in [-0.39, 0.29) is 17.8 Å². The van der Waals surface area contributed by atoms with Gasteiger partial charge in [0.05, 0.1) is 0 Å². The third-order valence-corrected chi connectivity index (χ3v) is 4.27.